The van der Waals surface area contributed by atoms with Crippen LogP contribution in [0, 0.1) is 13.8 Å². The first-order chi connectivity index (χ1) is 11.0. The summed E-state index contributed by atoms with van der Waals surface area (Å²) in [5.74, 6) is 0.245. The first-order valence-electron chi connectivity index (χ1n) is 7.49. The molecular formula is C18H18N2O3. The van der Waals surface area contributed by atoms with Crippen molar-refractivity contribution in [1.82, 2.24) is 0 Å². The van der Waals surface area contributed by atoms with Crippen LogP contribution in [-0.4, -0.2) is 18.4 Å². The largest absolute Gasteiger partial charge is 0.491 e. The van der Waals surface area contributed by atoms with Crippen LogP contribution in [0.2, 0.25) is 0 Å². The maximum absolute atomic E-state index is 12.5. The molecule has 0 saturated heterocycles. The highest BCUT2D eigenvalue weighted by Gasteiger charge is 2.16. The van der Waals surface area contributed by atoms with Crippen molar-refractivity contribution in [2.24, 2.45) is 0 Å². The number of amides is 2. The van der Waals surface area contributed by atoms with Crippen LogP contribution in [-0.2, 0) is 4.79 Å². The van der Waals surface area contributed by atoms with Gasteiger partial charge in [-0.3, -0.25) is 9.59 Å². The molecule has 0 saturated carbocycles. The molecule has 23 heavy (non-hydrogen) atoms. The molecule has 118 valence electrons. The van der Waals surface area contributed by atoms with E-state index in [1.807, 2.05) is 32.0 Å². The number of ether oxygens (including phenoxy) is 1. The average Bonchev–Trinajstić information content (AvgIpc) is 2.71. The highest BCUT2D eigenvalue weighted by Crippen LogP contribution is 2.28. The molecule has 0 atom stereocenters. The lowest BCUT2D eigenvalue weighted by atomic mass is 10.1. The number of carbonyl (C=O) groups excluding carboxylic acids is 2. The van der Waals surface area contributed by atoms with Crippen molar-refractivity contribution in [2.75, 3.05) is 17.2 Å². The summed E-state index contributed by atoms with van der Waals surface area (Å²) < 4.78 is 5.49. The van der Waals surface area contributed by atoms with E-state index in [2.05, 4.69) is 10.6 Å². The molecule has 1 aliphatic rings. The van der Waals surface area contributed by atoms with E-state index in [-0.39, 0.29) is 11.8 Å². The molecule has 2 aromatic carbocycles. The molecule has 0 unspecified atom stereocenters. The minimum absolute atomic E-state index is 0.115. The number of carbonyl (C=O) groups is 2. The zero-order valence-corrected chi connectivity index (χ0v) is 13.1. The van der Waals surface area contributed by atoms with Gasteiger partial charge in [0.2, 0.25) is 5.91 Å². The smallest absolute Gasteiger partial charge is 0.255 e. The van der Waals surface area contributed by atoms with E-state index >= 15 is 0 Å². The van der Waals surface area contributed by atoms with Crippen LogP contribution >= 0.6 is 0 Å². The predicted octanol–water partition coefficient (Wildman–Crippen LogP) is 3.28. The molecule has 3 rings (SSSR count). The van der Waals surface area contributed by atoms with Crippen molar-refractivity contribution in [3.63, 3.8) is 0 Å². The van der Waals surface area contributed by atoms with Gasteiger partial charge in [0.05, 0.1) is 18.7 Å². The van der Waals surface area contributed by atoms with E-state index in [4.69, 9.17) is 4.74 Å². The van der Waals surface area contributed by atoms with Gasteiger partial charge in [-0.15, -0.1) is 0 Å². The Kier molecular flexibility index (Phi) is 4.02. The number of hydrogen-bond acceptors (Lipinski definition) is 3. The van der Waals surface area contributed by atoms with Crippen LogP contribution in [0.3, 0.4) is 0 Å². The number of benzene rings is 2. The Morgan fingerprint density at radius 1 is 1.22 bits per heavy atom. The number of fused-ring (bicyclic) bond motifs is 1. The third-order valence-corrected chi connectivity index (χ3v) is 3.96. The summed E-state index contributed by atoms with van der Waals surface area (Å²) in [6.45, 7) is 4.31. The van der Waals surface area contributed by atoms with Crippen molar-refractivity contribution in [3.8, 4) is 5.75 Å². The summed E-state index contributed by atoms with van der Waals surface area (Å²) in [6, 6.07) is 10.8. The van der Waals surface area contributed by atoms with Crippen molar-refractivity contribution >= 4 is 23.2 Å². The molecule has 5 heteroatoms. The van der Waals surface area contributed by atoms with Crippen LogP contribution in [0.1, 0.15) is 27.9 Å². The van der Waals surface area contributed by atoms with Gasteiger partial charge in [-0.25, -0.2) is 0 Å². The number of anilines is 2. The summed E-state index contributed by atoms with van der Waals surface area (Å²) in [7, 11) is 0. The van der Waals surface area contributed by atoms with Gasteiger partial charge in [-0.05, 0) is 49.2 Å². The van der Waals surface area contributed by atoms with E-state index in [1.54, 1.807) is 18.2 Å². The SMILES string of the molecule is Cc1cccc(NC(=O)c2ccc3c(c2)NC(=O)CCO3)c1C. The summed E-state index contributed by atoms with van der Waals surface area (Å²) in [5, 5.41) is 5.67. The third kappa shape index (κ3) is 3.18. The van der Waals surface area contributed by atoms with E-state index in [0.717, 1.165) is 16.8 Å². The molecule has 0 bridgehead atoms. The summed E-state index contributed by atoms with van der Waals surface area (Å²) in [6.07, 6.45) is 0.304. The van der Waals surface area contributed by atoms with E-state index in [9.17, 15) is 9.59 Å². The fourth-order valence-electron chi connectivity index (χ4n) is 2.44. The van der Waals surface area contributed by atoms with Crippen LogP contribution in [0.5, 0.6) is 5.75 Å². The van der Waals surface area contributed by atoms with Gasteiger partial charge >= 0.3 is 0 Å². The molecule has 1 heterocycles. The molecule has 2 aromatic rings. The summed E-state index contributed by atoms with van der Waals surface area (Å²) >= 11 is 0. The zero-order valence-electron chi connectivity index (χ0n) is 13.1. The first kappa shape index (κ1) is 15.1. The number of nitrogens with one attached hydrogen (secondary N) is 2. The van der Waals surface area contributed by atoms with Crippen LogP contribution < -0.4 is 15.4 Å². The molecule has 2 amide bonds. The molecular weight excluding hydrogens is 292 g/mol. The quantitative estimate of drug-likeness (QED) is 0.894. The second-order valence-electron chi connectivity index (χ2n) is 5.56. The number of rotatable bonds is 2. The molecule has 0 aromatic heterocycles. The van der Waals surface area contributed by atoms with Crippen molar-refractivity contribution in [3.05, 3.63) is 53.1 Å². The maximum atomic E-state index is 12.5. The predicted molar refractivity (Wildman–Crippen MR) is 89.1 cm³/mol. The topological polar surface area (TPSA) is 67.4 Å². The lowest BCUT2D eigenvalue weighted by molar-refractivity contribution is -0.116. The minimum atomic E-state index is -0.222. The maximum Gasteiger partial charge on any atom is 0.255 e. The van der Waals surface area contributed by atoms with Crippen molar-refractivity contribution in [2.45, 2.75) is 20.3 Å². The van der Waals surface area contributed by atoms with Gasteiger partial charge in [0.15, 0.2) is 0 Å². The summed E-state index contributed by atoms with van der Waals surface area (Å²) in [4.78, 5) is 24.1. The highest BCUT2D eigenvalue weighted by atomic mass is 16.5. The van der Waals surface area contributed by atoms with Crippen LogP contribution in [0.4, 0.5) is 11.4 Å². The fraction of sp³-hybridized carbons (Fsp3) is 0.222. The van der Waals surface area contributed by atoms with Gasteiger partial charge < -0.3 is 15.4 Å². The van der Waals surface area contributed by atoms with Crippen LogP contribution in [0.15, 0.2) is 36.4 Å². The molecule has 0 aliphatic carbocycles. The Morgan fingerprint density at radius 3 is 2.87 bits per heavy atom. The van der Waals surface area contributed by atoms with E-state index in [1.165, 1.54) is 0 Å². The molecule has 0 fully saturated rings. The summed E-state index contributed by atoms with van der Waals surface area (Å²) in [5.41, 5.74) is 3.93. The second-order valence-corrected chi connectivity index (χ2v) is 5.56. The normalized spacial score (nSPS) is 13.4. The Balaban J connectivity index is 1.85. The lowest BCUT2D eigenvalue weighted by Crippen LogP contribution is -2.14. The monoisotopic (exact) mass is 310 g/mol. The lowest BCUT2D eigenvalue weighted by Gasteiger charge is -2.12. The Morgan fingerprint density at radius 2 is 2.04 bits per heavy atom. The zero-order chi connectivity index (χ0) is 16.4. The van der Waals surface area contributed by atoms with Crippen molar-refractivity contribution < 1.29 is 14.3 Å². The van der Waals surface area contributed by atoms with Gasteiger partial charge in [-0.1, -0.05) is 12.1 Å². The van der Waals surface area contributed by atoms with Gasteiger partial charge in [0.25, 0.3) is 5.91 Å². The molecule has 0 spiro atoms. The second kappa shape index (κ2) is 6.12. The highest BCUT2D eigenvalue weighted by molar-refractivity contribution is 6.06. The molecule has 2 N–H and O–H groups in total. The van der Waals surface area contributed by atoms with E-state index < -0.39 is 0 Å². The van der Waals surface area contributed by atoms with E-state index in [0.29, 0.717) is 30.0 Å². The van der Waals surface area contributed by atoms with Gasteiger partial charge in [0, 0.05) is 11.3 Å². The minimum Gasteiger partial charge on any atom is -0.491 e. The Labute approximate surface area is 134 Å². The Bertz CT molecular complexity index is 784. The molecule has 1 aliphatic heterocycles. The van der Waals surface area contributed by atoms with Crippen molar-refractivity contribution in [1.29, 1.82) is 0 Å². The Hall–Kier alpha value is -2.82. The number of aryl methyl sites for hydroxylation is 1. The fourth-order valence-corrected chi connectivity index (χ4v) is 2.44. The first-order valence-corrected chi connectivity index (χ1v) is 7.49. The molecule has 5 nitrogen and oxygen atoms in total. The molecule has 0 radical (unpaired) electrons. The average molecular weight is 310 g/mol. The van der Waals surface area contributed by atoms with Gasteiger partial charge in [-0.2, -0.15) is 0 Å². The third-order valence-electron chi connectivity index (χ3n) is 3.96. The van der Waals surface area contributed by atoms with Gasteiger partial charge in [0.1, 0.15) is 5.75 Å². The van der Waals surface area contributed by atoms with Crippen LogP contribution in [0.25, 0.3) is 0 Å². The number of hydrogen-bond donors (Lipinski definition) is 2. The standard InChI is InChI=1S/C18H18N2O3/c1-11-4-3-5-14(12(11)2)20-18(22)13-6-7-16-15(10-13)19-17(21)8-9-23-16/h3-7,10H,8-9H2,1-2H3,(H,19,21)(H,20,22).